The van der Waals surface area contributed by atoms with Crippen LogP contribution in [-0.2, 0) is 25.7 Å². The Hall–Kier alpha value is -1.98. The van der Waals surface area contributed by atoms with Crippen molar-refractivity contribution in [2.75, 3.05) is 0 Å². The lowest BCUT2D eigenvalue weighted by atomic mass is 10.2. The van der Waals surface area contributed by atoms with Gasteiger partial charge in [-0.3, -0.25) is 4.79 Å². The van der Waals surface area contributed by atoms with Gasteiger partial charge in [-0.1, -0.05) is 53.7 Å². The van der Waals surface area contributed by atoms with Crippen molar-refractivity contribution in [2.45, 2.75) is 29.3 Å². The number of thioether (sulfide) groups is 1. The molecule has 0 spiro atoms. The van der Waals surface area contributed by atoms with E-state index in [1.807, 2.05) is 30.3 Å². The topological polar surface area (TPSA) is 52.6 Å². The van der Waals surface area contributed by atoms with E-state index in [0.29, 0.717) is 5.02 Å². The average molecular weight is 363 g/mol. The van der Waals surface area contributed by atoms with Crippen LogP contribution in [0.25, 0.3) is 0 Å². The lowest BCUT2D eigenvalue weighted by Crippen LogP contribution is -2.36. The fourth-order valence-electron chi connectivity index (χ4n) is 2.34. The van der Waals surface area contributed by atoms with Crippen molar-refractivity contribution in [1.29, 1.82) is 0 Å². The molecule has 1 fully saturated rings. The molecule has 2 aromatic carbocycles. The summed E-state index contributed by atoms with van der Waals surface area (Å²) in [6.45, 7) is 0.139. The standard InChI is InChI=1S/C18H15ClO4S/c19-14-6-8-15(9-7-14)24-18(11-10-16(20)23-18)17(21)22-12-13-4-2-1-3-5-13/h1-9H,10-12H2/t18-/m1/s1. The summed E-state index contributed by atoms with van der Waals surface area (Å²) in [5.74, 6) is -0.940. The number of hydrogen-bond donors (Lipinski definition) is 0. The van der Waals surface area contributed by atoms with Crippen molar-refractivity contribution in [3.05, 3.63) is 65.2 Å². The quantitative estimate of drug-likeness (QED) is 0.746. The molecule has 3 rings (SSSR count). The van der Waals surface area contributed by atoms with Gasteiger partial charge in [0.05, 0.1) is 6.42 Å². The number of cyclic esters (lactones) is 1. The van der Waals surface area contributed by atoms with Gasteiger partial charge >= 0.3 is 11.9 Å². The maximum Gasteiger partial charge on any atom is 0.362 e. The van der Waals surface area contributed by atoms with E-state index in [0.717, 1.165) is 10.5 Å². The summed E-state index contributed by atoms with van der Waals surface area (Å²) >= 11 is 7.06. The van der Waals surface area contributed by atoms with Crippen LogP contribution in [0.2, 0.25) is 5.02 Å². The third kappa shape index (κ3) is 3.91. The summed E-state index contributed by atoms with van der Waals surface area (Å²) < 4.78 is 10.7. The molecule has 0 amide bonds. The lowest BCUT2D eigenvalue weighted by molar-refractivity contribution is -0.165. The van der Waals surface area contributed by atoms with E-state index in [9.17, 15) is 9.59 Å². The summed E-state index contributed by atoms with van der Waals surface area (Å²) in [4.78, 5) is 23.7. The third-order valence-electron chi connectivity index (χ3n) is 3.56. The summed E-state index contributed by atoms with van der Waals surface area (Å²) in [7, 11) is 0. The van der Waals surface area contributed by atoms with Crippen LogP contribution in [0.5, 0.6) is 0 Å². The zero-order valence-electron chi connectivity index (χ0n) is 12.7. The van der Waals surface area contributed by atoms with Crippen molar-refractivity contribution in [1.82, 2.24) is 0 Å². The van der Waals surface area contributed by atoms with Crippen LogP contribution in [0.15, 0.2) is 59.5 Å². The second kappa shape index (κ2) is 7.28. The lowest BCUT2D eigenvalue weighted by Gasteiger charge is -2.24. The third-order valence-corrected chi connectivity index (χ3v) is 5.10. The van der Waals surface area contributed by atoms with Gasteiger partial charge in [0.25, 0.3) is 4.93 Å². The van der Waals surface area contributed by atoms with Gasteiger partial charge in [-0.05, 0) is 29.8 Å². The van der Waals surface area contributed by atoms with Gasteiger partial charge in [0.15, 0.2) is 0 Å². The molecule has 1 aliphatic rings. The SMILES string of the molecule is O=C1CC[C@@](Sc2ccc(Cl)cc2)(C(=O)OCc2ccccc2)O1. The van der Waals surface area contributed by atoms with Crippen molar-refractivity contribution in [3.8, 4) is 0 Å². The molecular weight excluding hydrogens is 348 g/mol. The monoisotopic (exact) mass is 362 g/mol. The molecule has 0 unspecified atom stereocenters. The maximum atomic E-state index is 12.6. The van der Waals surface area contributed by atoms with Crippen LogP contribution < -0.4 is 0 Å². The number of carbonyl (C=O) groups is 2. The molecule has 1 aliphatic heterocycles. The Morgan fingerprint density at radius 2 is 1.88 bits per heavy atom. The first-order chi connectivity index (χ1) is 11.6. The Bertz CT molecular complexity index is 732. The molecule has 124 valence electrons. The van der Waals surface area contributed by atoms with Crippen LogP contribution in [0.4, 0.5) is 0 Å². The molecule has 0 radical (unpaired) electrons. The smallest absolute Gasteiger partial charge is 0.362 e. The minimum absolute atomic E-state index is 0.139. The van der Waals surface area contributed by atoms with E-state index in [1.165, 1.54) is 11.8 Å². The fourth-order valence-corrected chi connectivity index (χ4v) is 3.60. The van der Waals surface area contributed by atoms with Crippen LogP contribution in [0.1, 0.15) is 18.4 Å². The molecular formula is C18H15ClO4S. The first-order valence-electron chi connectivity index (χ1n) is 7.45. The minimum atomic E-state index is -1.33. The Kier molecular flexibility index (Phi) is 5.11. The van der Waals surface area contributed by atoms with E-state index in [2.05, 4.69) is 0 Å². The number of rotatable bonds is 5. The normalized spacial score (nSPS) is 19.8. The fraction of sp³-hybridized carbons (Fsp3) is 0.222. The highest BCUT2D eigenvalue weighted by molar-refractivity contribution is 8.01. The number of ether oxygens (including phenoxy) is 2. The second-order valence-electron chi connectivity index (χ2n) is 5.34. The highest BCUT2D eigenvalue weighted by Gasteiger charge is 2.50. The van der Waals surface area contributed by atoms with Crippen LogP contribution >= 0.6 is 23.4 Å². The van der Waals surface area contributed by atoms with Crippen LogP contribution in [-0.4, -0.2) is 16.9 Å². The van der Waals surface area contributed by atoms with Crippen molar-refractivity contribution < 1.29 is 19.1 Å². The minimum Gasteiger partial charge on any atom is -0.457 e. The molecule has 24 heavy (non-hydrogen) atoms. The predicted octanol–water partition coefficient (Wildman–Crippen LogP) is 4.21. The van der Waals surface area contributed by atoms with Gasteiger partial charge in [0, 0.05) is 16.3 Å². The zero-order chi connectivity index (χ0) is 17.0. The van der Waals surface area contributed by atoms with Gasteiger partial charge in [0.1, 0.15) is 6.61 Å². The Labute approximate surface area is 149 Å². The van der Waals surface area contributed by atoms with E-state index in [4.69, 9.17) is 21.1 Å². The second-order valence-corrected chi connectivity index (χ2v) is 7.12. The Morgan fingerprint density at radius 3 is 2.50 bits per heavy atom. The molecule has 6 heteroatoms. The molecule has 1 saturated heterocycles. The molecule has 1 atom stereocenters. The van der Waals surface area contributed by atoms with E-state index in [1.54, 1.807) is 24.3 Å². The first kappa shape index (κ1) is 16.9. The Morgan fingerprint density at radius 1 is 1.17 bits per heavy atom. The van der Waals surface area contributed by atoms with Crippen molar-refractivity contribution in [3.63, 3.8) is 0 Å². The molecule has 1 heterocycles. The maximum absolute atomic E-state index is 12.6. The van der Waals surface area contributed by atoms with Gasteiger partial charge in [-0.15, -0.1) is 0 Å². The van der Waals surface area contributed by atoms with Gasteiger partial charge in [-0.2, -0.15) is 0 Å². The highest BCUT2D eigenvalue weighted by atomic mass is 35.5. The van der Waals surface area contributed by atoms with Crippen LogP contribution in [0.3, 0.4) is 0 Å². The van der Waals surface area contributed by atoms with Crippen LogP contribution in [0, 0.1) is 0 Å². The summed E-state index contributed by atoms with van der Waals surface area (Å²) in [5.41, 5.74) is 0.877. The van der Waals surface area contributed by atoms with Crippen molar-refractivity contribution in [2.24, 2.45) is 0 Å². The van der Waals surface area contributed by atoms with Crippen molar-refractivity contribution >= 4 is 35.3 Å². The first-order valence-corrected chi connectivity index (χ1v) is 8.64. The Balaban J connectivity index is 1.74. The molecule has 0 saturated carbocycles. The molecule has 4 nitrogen and oxygen atoms in total. The number of esters is 2. The largest absolute Gasteiger partial charge is 0.457 e. The molecule has 0 aliphatic carbocycles. The number of carbonyl (C=O) groups excluding carboxylic acids is 2. The van der Waals surface area contributed by atoms with Gasteiger partial charge in [0.2, 0.25) is 0 Å². The summed E-state index contributed by atoms with van der Waals surface area (Å²) in [5, 5.41) is 0.600. The molecule has 0 aromatic heterocycles. The molecule has 0 bridgehead atoms. The van der Waals surface area contributed by atoms with E-state index >= 15 is 0 Å². The summed E-state index contributed by atoms with van der Waals surface area (Å²) in [6, 6.07) is 16.4. The van der Waals surface area contributed by atoms with Gasteiger partial charge < -0.3 is 9.47 Å². The number of benzene rings is 2. The molecule has 0 N–H and O–H groups in total. The number of halogens is 1. The zero-order valence-corrected chi connectivity index (χ0v) is 14.3. The van der Waals surface area contributed by atoms with E-state index < -0.39 is 16.9 Å². The predicted molar refractivity (Wildman–Crippen MR) is 91.6 cm³/mol. The summed E-state index contributed by atoms with van der Waals surface area (Å²) in [6.07, 6.45) is 0.480. The van der Waals surface area contributed by atoms with E-state index in [-0.39, 0.29) is 19.4 Å². The molecule has 2 aromatic rings. The van der Waals surface area contributed by atoms with Gasteiger partial charge in [-0.25, -0.2) is 4.79 Å². The highest BCUT2D eigenvalue weighted by Crippen LogP contribution is 2.43. The average Bonchev–Trinajstić information content (AvgIpc) is 2.98. The number of hydrogen-bond acceptors (Lipinski definition) is 5.